The van der Waals surface area contributed by atoms with Crippen molar-refractivity contribution < 1.29 is 4.79 Å². The molecule has 1 aliphatic rings. The van der Waals surface area contributed by atoms with Crippen LogP contribution in [0.4, 0.5) is 0 Å². The zero-order chi connectivity index (χ0) is 9.68. The van der Waals surface area contributed by atoms with Gasteiger partial charge in [-0.1, -0.05) is 35.7 Å². The van der Waals surface area contributed by atoms with Crippen LogP contribution in [0.1, 0.15) is 32.6 Å². The fourth-order valence-electron chi connectivity index (χ4n) is 1.66. The van der Waals surface area contributed by atoms with Gasteiger partial charge in [0.2, 0.25) is 5.91 Å². The molecular formula is C10H18BrNO. The Morgan fingerprint density at radius 3 is 2.69 bits per heavy atom. The van der Waals surface area contributed by atoms with E-state index in [0.717, 1.165) is 24.7 Å². The molecule has 1 N–H and O–H groups in total. The maximum absolute atomic E-state index is 11.5. The van der Waals surface area contributed by atoms with Gasteiger partial charge in [-0.15, -0.1) is 0 Å². The topological polar surface area (TPSA) is 29.1 Å². The number of carbonyl (C=O) groups is 1. The van der Waals surface area contributed by atoms with Crippen LogP contribution in [0.3, 0.4) is 0 Å². The first-order valence-electron chi connectivity index (χ1n) is 5.07. The van der Waals surface area contributed by atoms with Crippen molar-refractivity contribution in [1.82, 2.24) is 5.32 Å². The Balaban J connectivity index is 2.16. The summed E-state index contributed by atoms with van der Waals surface area (Å²) in [4.78, 5) is 11.5. The Hall–Kier alpha value is -0.0500. The molecule has 1 aliphatic carbocycles. The van der Waals surface area contributed by atoms with Crippen LogP contribution in [-0.2, 0) is 4.79 Å². The van der Waals surface area contributed by atoms with Gasteiger partial charge in [0.25, 0.3) is 0 Å². The summed E-state index contributed by atoms with van der Waals surface area (Å²) in [5.74, 6) is 1.11. The van der Waals surface area contributed by atoms with E-state index in [-0.39, 0.29) is 5.91 Å². The lowest BCUT2D eigenvalue weighted by Crippen LogP contribution is -2.33. The number of hydrogen-bond donors (Lipinski definition) is 1. The van der Waals surface area contributed by atoms with Crippen LogP contribution >= 0.6 is 15.9 Å². The Morgan fingerprint density at radius 2 is 2.15 bits per heavy atom. The summed E-state index contributed by atoms with van der Waals surface area (Å²) < 4.78 is 0. The fraction of sp³-hybridized carbons (Fsp3) is 0.900. The van der Waals surface area contributed by atoms with Gasteiger partial charge in [-0.3, -0.25) is 4.79 Å². The molecule has 1 saturated carbocycles. The minimum absolute atomic E-state index is 0.269. The van der Waals surface area contributed by atoms with E-state index < -0.39 is 0 Å². The average Bonchev–Trinajstić information content (AvgIpc) is 2.66. The van der Waals surface area contributed by atoms with Crippen molar-refractivity contribution >= 4 is 21.8 Å². The highest BCUT2D eigenvalue weighted by Crippen LogP contribution is 2.24. The lowest BCUT2D eigenvalue weighted by Gasteiger charge is -2.12. The average molecular weight is 248 g/mol. The molecule has 0 spiro atoms. The van der Waals surface area contributed by atoms with Crippen LogP contribution in [0.15, 0.2) is 0 Å². The standard InChI is InChI=1S/C10H18BrNO/c1-8(6-11)7-12-10(13)9-4-2-3-5-9/h8-9H,2-7H2,1H3,(H,12,13). The molecule has 3 heteroatoms. The van der Waals surface area contributed by atoms with Crippen molar-refractivity contribution in [3.05, 3.63) is 0 Å². The third kappa shape index (κ3) is 3.67. The first-order chi connectivity index (χ1) is 6.24. The summed E-state index contributed by atoms with van der Waals surface area (Å²) in [5, 5.41) is 3.96. The first kappa shape index (κ1) is 11.0. The van der Waals surface area contributed by atoms with Crippen LogP contribution in [-0.4, -0.2) is 17.8 Å². The van der Waals surface area contributed by atoms with E-state index in [1.54, 1.807) is 0 Å². The monoisotopic (exact) mass is 247 g/mol. The molecule has 0 aromatic rings. The number of hydrogen-bond acceptors (Lipinski definition) is 1. The highest BCUT2D eigenvalue weighted by atomic mass is 79.9. The normalized spacial score (nSPS) is 20.2. The van der Waals surface area contributed by atoms with Crippen molar-refractivity contribution in [2.24, 2.45) is 11.8 Å². The summed E-state index contributed by atoms with van der Waals surface area (Å²) in [7, 11) is 0. The van der Waals surface area contributed by atoms with E-state index in [0.29, 0.717) is 11.8 Å². The third-order valence-corrected chi connectivity index (χ3v) is 3.72. The van der Waals surface area contributed by atoms with Gasteiger partial charge in [0.15, 0.2) is 0 Å². The largest absolute Gasteiger partial charge is 0.356 e. The van der Waals surface area contributed by atoms with Crippen molar-refractivity contribution in [3.8, 4) is 0 Å². The SMILES string of the molecule is CC(CBr)CNC(=O)C1CCCC1. The van der Waals surface area contributed by atoms with Crippen LogP contribution < -0.4 is 5.32 Å². The van der Waals surface area contributed by atoms with Gasteiger partial charge in [0.1, 0.15) is 0 Å². The van der Waals surface area contributed by atoms with Crippen LogP contribution in [0, 0.1) is 11.8 Å². The van der Waals surface area contributed by atoms with Gasteiger partial charge in [-0.2, -0.15) is 0 Å². The summed E-state index contributed by atoms with van der Waals surface area (Å²) >= 11 is 3.40. The molecule has 0 bridgehead atoms. The molecule has 0 radical (unpaired) electrons. The number of carbonyl (C=O) groups excluding carboxylic acids is 1. The molecule has 0 heterocycles. The molecular weight excluding hydrogens is 230 g/mol. The van der Waals surface area contributed by atoms with E-state index in [9.17, 15) is 4.79 Å². The van der Waals surface area contributed by atoms with Gasteiger partial charge in [-0.25, -0.2) is 0 Å². The zero-order valence-corrected chi connectivity index (χ0v) is 9.77. The number of alkyl halides is 1. The number of halogens is 1. The van der Waals surface area contributed by atoms with Gasteiger partial charge in [0, 0.05) is 17.8 Å². The molecule has 0 aliphatic heterocycles. The van der Waals surface area contributed by atoms with E-state index in [1.165, 1.54) is 12.8 Å². The van der Waals surface area contributed by atoms with Gasteiger partial charge >= 0.3 is 0 Å². The summed E-state index contributed by atoms with van der Waals surface area (Å²) in [6.07, 6.45) is 4.64. The number of rotatable bonds is 4. The van der Waals surface area contributed by atoms with Crippen molar-refractivity contribution in [3.63, 3.8) is 0 Å². The van der Waals surface area contributed by atoms with Gasteiger partial charge in [0.05, 0.1) is 0 Å². The molecule has 1 rings (SSSR count). The predicted octanol–water partition coefficient (Wildman–Crippen LogP) is 2.32. The molecule has 1 atom stereocenters. The molecule has 1 unspecified atom stereocenters. The van der Waals surface area contributed by atoms with Crippen molar-refractivity contribution in [1.29, 1.82) is 0 Å². The molecule has 13 heavy (non-hydrogen) atoms. The Labute approximate surface area is 88.6 Å². The molecule has 1 fully saturated rings. The first-order valence-corrected chi connectivity index (χ1v) is 6.20. The van der Waals surface area contributed by atoms with Crippen molar-refractivity contribution in [2.75, 3.05) is 11.9 Å². The van der Waals surface area contributed by atoms with Gasteiger partial charge < -0.3 is 5.32 Å². The van der Waals surface area contributed by atoms with E-state index >= 15 is 0 Å². The highest BCUT2D eigenvalue weighted by molar-refractivity contribution is 9.09. The minimum atomic E-state index is 0.269. The second-order valence-electron chi connectivity index (χ2n) is 3.99. The molecule has 0 saturated heterocycles. The highest BCUT2D eigenvalue weighted by Gasteiger charge is 2.22. The lowest BCUT2D eigenvalue weighted by atomic mass is 10.1. The zero-order valence-electron chi connectivity index (χ0n) is 8.18. The quantitative estimate of drug-likeness (QED) is 0.760. The van der Waals surface area contributed by atoms with Crippen LogP contribution in [0.25, 0.3) is 0 Å². The van der Waals surface area contributed by atoms with Crippen LogP contribution in [0.2, 0.25) is 0 Å². The third-order valence-electron chi connectivity index (χ3n) is 2.61. The van der Waals surface area contributed by atoms with Crippen molar-refractivity contribution in [2.45, 2.75) is 32.6 Å². The number of amides is 1. The summed E-state index contributed by atoms with van der Waals surface area (Å²) in [6, 6.07) is 0. The molecule has 76 valence electrons. The van der Waals surface area contributed by atoms with E-state index in [1.807, 2.05) is 0 Å². The molecule has 2 nitrogen and oxygen atoms in total. The van der Waals surface area contributed by atoms with Gasteiger partial charge in [-0.05, 0) is 18.8 Å². The summed E-state index contributed by atoms with van der Waals surface area (Å²) in [5.41, 5.74) is 0. The maximum Gasteiger partial charge on any atom is 0.223 e. The number of nitrogens with one attached hydrogen (secondary N) is 1. The summed E-state index contributed by atoms with van der Waals surface area (Å²) in [6.45, 7) is 2.93. The smallest absolute Gasteiger partial charge is 0.223 e. The predicted molar refractivity (Wildman–Crippen MR) is 57.9 cm³/mol. The fourth-order valence-corrected chi connectivity index (χ4v) is 1.89. The Kier molecular flexibility index (Phi) is 4.78. The molecule has 0 aromatic heterocycles. The lowest BCUT2D eigenvalue weighted by molar-refractivity contribution is -0.124. The van der Waals surface area contributed by atoms with E-state index in [4.69, 9.17) is 0 Å². The minimum Gasteiger partial charge on any atom is -0.356 e. The Bertz CT molecular complexity index is 166. The van der Waals surface area contributed by atoms with E-state index in [2.05, 4.69) is 28.2 Å². The second kappa shape index (κ2) is 5.63. The second-order valence-corrected chi connectivity index (χ2v) is 4.63. The molecule has 0 aromatic carbocycles. The molecule has 1 amide bonds. The van der Waals surface area contributed by atoms with Crippen LogP contribution in [0.5, 0.6) is 0 Å². The Morgan fingerprint density at radius 1 is 1.54 bits per heavy atom. The maximum atomic E-state index is 11.5.